The van der Waals surface area contributed by atoms with Crippen LogP contribution in [0.2, 0.25) is 0 Å². The summed E-state index contributed by atoms with van der Waals surface area (Å²) in [7, 11) is 0. The van der Waals surface area contributed by atoms with Crippen molar-refractivity contribution in [3.8, 4) is 0 Å². The van der Waals surface area contributed by atoms with Gasteiger partial charge in [-0.1, -0.05) is 6.07 Å². The van der Waals surface area contributed by atoms with Crippen molar-refractivity contribution in [3.05, 3.63) is 33.9 Å². The van der Waals surface area contributed by atoms with Crippen LogP contribution in [-0.2, 0) is 9.59 Å². The molecule has 2 rings (SSSR count). The summed E-state index contributed by atoms with van der Waals surface area (Å²) in [5.74, 6) is -0.567. The Morgan fingerprint density at radius 1 is 1.39 bits per heavy atom. The van der Waals surface area contributed by atoms with Gasteiger partial charge in [-0.3, -0.25) is 19.7 Å². The number of anilines is 1. The van der Waals surface area contributed by atoms with Crippen LogP contribution in [-0.4, -0.2) is 36.4 Å². The zero-order chi connectivity index (χ0) is 17.0. The average Bonchev–Trinajstić information content (AvgIpc) is 2.49. The number of rotatable bonds is 5. The van der Waals surface area contributed by atoms with Crippen molar-refractivity contribution in [2.45, 2.75) is 19.8 Å². The summed E-state index contributed by atoms with van der Waals surface area (Å²) >= 11 is 0. The van der Waals surface area contributed by atoms with E-state index in [0.29, 0.717) is 24.1 Å². The Bertz CT molecular complexity index is 624. The molecule has 0 radical (unpaired) electrons. The number of amides is 2. The molecule has 1 heterocycles. The van der Waals surface area contributed by atoms with E-state index in [0.717, 1.165) is 18.0 Å². The van der Waals surface area contributed by atoms with E-state index in [-0.39, 0.29) is 30.0 Å². The molecule has 0 saturated carbocycles. The maximum absolute atomic E-state index is 12.1. The van der Waals surface area contributed by atoms with Crippen LogP contribution in [0.3, 0.4) is 0 Å². The second-order valence-corrected chi connectivity index (χ2v) is 5.86. The first-order chi connectivity index (χ1) is 10.9. The van der Waals surface area contributed by atoms with Gasteiger partial charge >= 0.3 is 0 Å². The van der Waals surface area contributed by atoms with E-state index in [1.807, 2.05) is 0 Å². The lowest BCUT2D eigenvalue weighted by atomic mass is 9.96. The quantitative estimate of drug-likeness (QED) is 0.506. The zero-order valence-corrected chi connectivity index (χ0v) is 13.0. The Hall–Kier alpha value is -2.48. The van der Waals surface area contributed by atoms with Crippen molar-refractivity contribution < 1.29 is 19.4 Å². The number of likely N-dealkylation sites (tertiary alicyclic amines) is 1. The van der Waals surface area contributed by atoms with Gasteiger partial charge in [-0.05, 0) is 13.0 Å². The minimum Gasteiger partial charge on any atom is -0.369 e. The van der Waals surface area contributed by atoms with Crippen LogP contribution in [0.5, 0.6) is 0 Å². The van der Waals surface area contributed by atoms with Gasteiger partial charge < -0.3 is 16.0 Å². The van der Waals surface area contributed by atoms with Gasteiger partial charge in [0.1, 0.15) is 0 Å². The van der Waals surface area contributed by atoms with E-state index in [1.54, 1.807) is 19.1 Å². The van der Waals surface area contributed by atoms with Crippen molar-refractivity contribution in [1.29, 1.82) is 0 Å². The van der Waals surface area contributed by atoms with Crippen LogP contribution < -0.4 is 16.0 Å². The van der Waals surface area contributed by atoms with Crippen molar-refractivity contribution in [3.63, 3.8) is 0 Å². The highest BCUT2D eigenvalue weighted by atomic mass is 16.6. The number of quaternary nitrogens is 1. The first-order valence-corrected chi connectivity index (χ1v) is 7.55. The van der Waals surface area contributed by atoms with Crippen LogP contribution in [0.15, 0.2) is 18.2 Å². The van der Waals surface area contributed by atoms with Crippen LogP contribution in [0.4, 0.5) is 11.4 Å². The number of benzene rings is 1. The van der Waals surface area contributed by atoms with Crippen LogP contribution in [0.1, 0.15) is 18.4 Å². The Morgan fingerprint density at radius 2 is 2.04 bits per heavy atom. The molecule has 0 spiro atoms. The Kier molecular flexibility index (Phi) is 5.28. The largest absolute Gasteiger partial charge is 0.369 e. The molecule has 8 heteroatoms. The lowest BCUT2D eigenvalue weighted by Gasteiger charge is -2.27. The molecule has 124 valence electrons. The van der Waals surface area contributed by atoms with Crippen LogP contribution in [0.25, 0.3) is 0 Å². The number of carbonyl (C=O) groups is 2. The van der Waals surface area contributed by atoms with Gasteiger partial charge in [0.25, 0.3) is 11.6 Å². The summed E-state index contributed by atoms with van der Waals surface area (Å²) in [6, 6.07) is 4.60. The molecule has 1 saturated heterocycles. The summed E-state index contributed by atoms with van der Waals surface area (Å²) < 4.78 is 0. The van der Waals surface area contributed by atoms with Crippen LogP contribution in [0, 0.1) is 23.0 Å². The third kappa shape index (κ3) is 4.26. The van der Waals surface area contributed by atoms with E-state index < -0.39 is 4.92 Å². The molecule has 0 atom stereocenters. The molecule has 1 fully saturated rings. The second kappa shape index (κ2) is 7.19. The number of nitrogens with one attached hydrogen (secondary N) is 2. The fourth-order valence-electron chi connectivity index (χ4n) is 2.87. The van der Waals surface area contributed by atoms with E-state index in [1.165, 1.54) is 6.07 Å². The second-order valence-electron chi connectivity index (χ2n) is 5.86. The highest BCUT2D eigenvalue weighted by Crippen LogP contribution is 2.24. The number of piperidine rings is 1. The number of hydrogen-bond donors (Lipinski definition) is 3. The predicted molar refractivity (Wildman–Crippen MR) is 83.9 cm³/mol. The van der Waals surface area contributed by atoms with E-state index >= 15 is 0 Å². The maximum atomic E-state index is 12.1. The number of nitrogens with zero attached hydrogens (tertiary/aromatic N) is 1. The molecule has 0 aliphatic carbocycles. The fraction of sp³-hybridized carbons (Fsp3) is 0.467. The Balaban J connectivity index is 1.92. The smallest absolute Gasteiger partial charge is 0.279 e. The Morgan fingerprint density at radius 3 is 2.61 bits per heavy atom. The zero-order valence-electron chi connectivity index (χ0n) is 13.0. The highest BCUT2D eigenvalue weighted by Gasteiger charge is 2.27. The molecule has 23 heavy (non-hydrogen) atoms. The number of carbonyl (C=O) groups excluding carboxylic acids is 2. The molecule has 8 nitrogen and oxygen atoms in total. The summed E-state index contributed by atoms with van der Waals surface area (Å²) in [5.41, 5.74) is 6.16. The van der Waals surface area contributed by atoms with E-state index in [4.69, 9.17) is 5.73 Å². The summed E-state index contributed by atoms with van der Waals surface area (Å²) in [5, 5.41) is 13.6. The monoisotopic (exact) mass is 321 g/mol. The lowest BCUT2D eigenvalue weighted by molar-refractivity contribution is -0.897. The number of primary amides is 1. The first kappa shape index (κ1) is 16.9. The number of nitrogens with two attached hydrogens (primary N) is 1. The number of hydrogen-bond acceptors (Lipinski definition) is 4. The lowest BCUT2D eigenvalue weighted by Crippen LogP contribution is -3.14. The summed E-state index contributed by atoms with van der Waals surface area (Å²) in [6.07, 6.45) is 1.38. The van der Waals surface area contributed by atoms with Crippen molar-refractivity contribution in [2.24, 2.45) is 11.7 Å². The van der Waals surface area contributed by atoms with Crippen molar-refractivity contribution in [1.82, 2.24) is 0 Å². The Labute approximate surface area is 133 Å². The van der Waals surface area contributed by atoms with Gasteiger partial charge in [0, 0.05) is 24.8 Å². The third-order valence-electron chi connectivity index (χ3n) is 4.28. The minimum absolute atomic E-state index is 0.0163. The van der Waals surface area contributed by atoms with Crippen LogP contribution >= 0.6 is 0 Å². The molecule has 4 N–H and O–H groups in total. The third-order valence-corrected chi connectivity index (χ3v) is 4.28. The number of nitro groups is 1. The van der Waals surface area contributed by atoms with E-state index in [9.17, 15) is 19.7 Å². The van der Waals surface area contributed by atoms with Crippen molar-refractivity contribution in [2.75, 3.05) is 25.0 Å². The molecule has 0 aromatic heterocycles. The van der Waals surface area contributed by atoms with Gasteiger partial charge in [-0.25, -0.2) is 0 Å². The molecule has 1 aliphatic rings. The van der Waals surface area contributed by atoms with Crippen molar-refractivity contribution >= 4 is 23.2 Å². The molecule has 0 unspecified atom stereocenters. The molecule has 0 bridgehead atoms. The predicted octanol–water partition coefficient (Wildman–Crippen LogP) is -0.378. The first-order valence-electron chi connectivity index (χ1n) is 7.55. The number of nitro benzene ring substituents is 1. The van der Waals surface area contributed by atoms with Gasteiger partial charge in [0.15, 0.2) is 6.54 Å². The molecule has 2 amide bonds. The maximum Gasteiger partial charge on any atom is 0.279 e. The normalized spacial score (nSPS) is 20.7. The van der Waals surface area contributed by atoms with Gasteiger partial charge in [-0.15, -0.1) is 0 Å². The topological polar surface area (TPSA) is 120 Å². The molecule has 1 aromatic rings. The standard InChI is InChI=1S/C15H20N4O4/c1-10-12(3-2-4-13(10)19(22)23)17-14(20)9-18-7-5-11(6-8-18)15(16)21/h2-4,11H,5-9H2,1H3,(H2,16,21)(H,17,20)/p+1. The molecule has 1 aliphatic heterocycles. The summed E-state index contributed by atoms with van der Waals surface area (Å²) in [4.78, 5) is 34.8. The van der Waals surface area contributed by atoms with Gasteiger partial charge in [0.2, 0.25) is 5.91 Å². The minimum atomic E-state index is -0.467. The van der Waals surface area contributed by atoms with Gasteiger partial charge in [-0.2, -0.15) is 0 Å². The summed E-state index contributed by atoms with van der Waals surface area (Å²) in [6.45, 7) is 3.32. The SMILES string of the molecule is Cc1c(NC(=O)C[NH+]2CCC(C(N)=O)CC2)cccc1[N+](=O)[O-]. The fourth-order valence-corrected chi connectivity index (χ4v) is 2.87. The molecule has 1 aromatic carbocycles. The average molecular weight is 321 g/mol. The van der Waals surface area contributed by atoms with Gasteiger partial charge in [0.05, 0.1) is 29.3 Å². The highest BCUT2D eigenvalue weighted by molar-refractivity contribution is 5.92. The molecular formula is C15H21N4O4+. The van der Waals surface area contributed by atoms with E-state index in [2.05, 4.69) is 5.32 Å². The molecular weight excluding hydrogens is 300 g/mol.